The van der Waals surface area contributed by atoms with Crippen molar-refractivity contribution in [1.29, 1.82) is 0 Å². The Morgan fingerprint density at radius 3 is 1.55 bits per heavy atom. The summed E-state index contributed by atoms with van der Waals surface area (Å²) < 4.78 is 13.1. The number of aromatic nitrogens is 1. The summed E-state index contributed by atoms with van der Waals surface area (Å²) in [7, 11) is -0.475. The van der Waals surface area contributed by atoms with Gasteiger partial charge in [0.05, 0.1) is 46.0 Å². The van der Waals surface area contributed by atoms with Crippen LogP contribution in [0.5, 0.6) is 0 Å². The van der Waals surface area contributed by atoms with Gasteiger partial charge < -0.3 is 19.6 Å². The number of benzene rings is 4. The second-order valence-corrected chi connectivity index (χ2v) is 27.4. The number of rotatable bonds is 5. The molecule has 8 bridgehead atoms. The molecule has 0 radical (unpaired) electrons. The summed E-state index contributed by atoms with van der Waals surface area (Å²) in [5.74, 6) is -0.137. The van der Waals surface area contributed by atoms with Crippen LogP contribution in [0.25, 0.3) is 16.7 Å². The maximum absolute atomic E-state index is 6.55. The molecule has 10 rings (SSSR count). The molecule has 6 heterocycles. The lowest BCUT2D eigenvalue weighted by molar-refractivity contribution is 0.00578. The lowest BCUT2D eigenvalue weighted by Gasteiger charge is -2.32. The van der Waals surface area contributed by atoms with Crippen molar-refractivity contribution in [2.45, 2.75) is 176 Å². The Bertz CT molecular complexity index is 3350. The van der Waals surface area contributed by atoms with Gasteiger partial charge in [-0.1, -0.05) is 168 Å². The Kier molecular flexibility index (Phi) is 12.9. The number of nitrogens with one attached hydrogen (secondary N) is 2. The first-order chi connectivity index (χ1) is 35.4. The van der Waals surface area contributed by atoms with Gasteiger partial charge in [0.15, 0.2) is 0 Å². The number of nitrogens with zero attached hydrogens (tertiary/aromatic N) is 2. The number of fused-ring (bicyclic) bond motifs is 6. The van der Waals surface area contributed by atoms with Gasteiger partial charge in [-0.2, -0.15) is 0 Å². The Hall–Kier alpha value is -6.28. The van der Waals surface area contributed by atoms with Crippen LogP contribution in [0.15, 0.2) is 148 Å². The molecule has 7 heteroatoms. The van der Waals surface area contributed by atoms with Gasteiger partial charge in [0.25, 0.3) is 0 Å². The quantitative estimate of drug-likeness (QED) is 0.172. The van der Waals surface area contributed by atoms with Crippen molar-refractivity contribution in [3.05, 3.63) is 211 Å². The van der Waals surface area contributed by atoms with Gasteiger partial charge in [0.1, 0.15) is 0 Å². The summed E-state index contributed by atoms with van der Waals surface area (Å²) >= 11 is 0. The SMILES string of the molecule is Cc1cc(C)c(C2=C3C=CC(=N3)C(c3cc(C(C)(C)C)cc(C(C)(C)C)c3)C3C=C/C(=C(\c4ccc(B5OC(C)(C)C(C)(C)O5)cc4)C4=N/C(=C(/c5cc(C(C)(C)C)cc(C(C)(C)C)c5)c5ccc2[nH]5)C=C4)N3)c(C)c1. The lowest BCUT2D eigenvalue weighted by Crippen LogP contribution is -2.41. The van der Waals surface area contributed by atoms with Crippen molar-refractivity contribution in [3.8, 4) is 0 Å². The fraction of sp³-hybridized carbons (Fsp3) is 0.391. The standard InChI is InChI=1S/C69H81BN4O2/c1-40-32-41(2)59(42(3)33-40)63-57-30-28-55(73-57)61(44-34-46(64(4,5)6)38-47(35-44)65(7,8)9)53-26-24-51(71-53)60(43-20-22-50(23-21-43)70-75-68(16,17)69(18,19)76-70)52-25-27-54(72-52)62(56-29-31-58(63)74-56)45-36-48(66(10,11)12)39-49(37-45)67(13,14)15/h20-39,53,61,71,74H,1-19H3/b60-51-,62-54-,63-57?. The van der Waals surface area contributed by atoms with E-state index in [0.717, 1.165) is 73.2 Å². The molecule has 0 spiro atoms. The highest BCUT2D eigenvalue weighted by molar-refractivity contribution is 6.62. The van der Waals surface area contributed by atoms with Crippen LogP contribution in [0.2, 0.25) is 0 Å². The van der Waals surface area contributed by atoms with E-state index in [2.05, 4.69) is 263 Å². The van der Waals surface area contributed by atoms with Crippen molar-refractivity contribution in [2.75, 3.05) is 0 Å². The Balaban J connectivity index is 1.26. The summed E-state index contributed by atoms with van der Waals surface area (Å²) in [6.45, 7) is 42.9. The third-order valence-electron chi connectivity index (χ3n) is 16.7. The molecule has 5 aliphatic heterocycles. The second-order valence-electron chi connectivity index (χ2n) is 27.4. The van der Waals surface area contributed by atoms with Crippen molar-refractivity contribution in [1.82, 2.24) is 10.3 Å². The lowest BCUT2D eigenvalue weighted by atomic mass is 9.76. The van der Waals surface area contributed by atoms with Gasteiger partial charge in [-0.05, 0) is 174 Å². The zero-order valence-electron chi connectivity index (χ0n) is 49.0. The van der Waals surface area contributed by atoms with Gasteiger partial charge in [0.2, 0.25) is 0 Å². The van der Waals surface area contributed by atoms with Crippen molar-refractivity contribution < 1.29 is 9.31 Å². The van der Waals surface area contributed by atoms with E-state index >= 15 is 0 Å². The molecule has 0 saturated carbocycles. The highest BCUT2D eigenvalue weighted by atomic mass is 16.7. The minimum atomic E-state index is -0.475. The first kappa shape index (κ1) is 53.1. The molecule has 76 heavy (non-hydrogen) atoms. The van der Waals surface area contributed by atoms with E-state index in [-0.39, 0.29) is 33.6 Å². The predicted molar refractivity (Wildman–Crippen MR) is 322 cm³/mol. The van der Waals surface area contributed by atoms with E-state index in [4.69, 9.17) is 19.3 Å². The molecular weight excluding hydrogens is 928 g/mol. The number of aryl methyl sites for hydroxylation is 3. The normalized spacial score (nSPS) is 22.2. The van der Waals surface area contributed by atoms with E-state index in [1.165, 1.54) is 50.1 Å². The molecule has 2 N–H and O–H groups in total. The van der Waals surface area contributed by atoms with Crippen LogP contribution in [0.3, 0.4) is 0 Å². The van der Waals surface area contributed by atoms with Crippen LogP contribution < -0.4 is 10.8 Å². The maximum Gasteiger partial charge on any atom is 0.494 e. The Morgan fingerprint density at radius 1 is 0.513 bits per heavy atom. The molecule has 2 unspecified atom stereocenters. The summed E-state index contributed by atoms with van der Waals surface area (Å²) in [5.41, 5.74) is 23.2. The van der Waals surface area contributed by atoms with Gasteiger partial charge in [0, 0.05) is 33.8 Å². The number of aromatic amines is 1. The molecule has 0 aliphatic carbocycles. The molecule has 0 amide bonds. The van der Waals surface area contributed by atoms with Gasteiger partial charge in [-0.3, -0.25) is 4.99 Å². The summed E-state index contributed by atoms with van der Waals surface area (Å²) in [5, 5.41) is 4.15. The summed E-state index contributed by atoms with van der Waals surface area (Å²) in [6, 6.07) is 32.2. The number of aliphatic imine (C=N–C) groups is 2. The summed E-state index contributed by atoms with van der Waals surface area (Å²) in [6.07, 6.45) is 13.6. The number of H-pyrrole nitrogens is 1. The monoisotopic (exact) mass is 1010 g/mol. The third-order valence-corrected chi connectivity index (χ3v) is 16.7. The number of allylic oxidation sites excluding steroid dienone is 6. The van der Waals surface area contributed by atoms with Crippen LogP contribution in [-0.2, 0) is 31.0 Å². The third kappa shape index (κ3) is 9.88. The zero-order chi connectivity index (χ0) is 54.8. The molecule has 5 aromatic rings. The van der Waals surface area contributed by atoms with Crippen LogP contribution in [-0.4, -0.2) is 40.8 Å². The molecule has 1 aromatic heterocycles. The Labute approximate surface area is 455 Å². The van der Waals surface area contributed by atoms with E-state index in [0.29, 0.717) is 0 Å². The summed E-state index contributed by atoms with van der Waals surface area (Å²) in [4.78, 5) is 15.6. The molecule has 392 valence electrons. The molecule has 4 aromatic carbocycles. The first-order valence-corrected chi connectivity index (χ1v) is 27.6. The van der Waals surface area contributed by atoms with Crippen LogP contribution >= 0.6 is 0 Å². The molecule has 2 atom stereocenters. The molecule has 1 fully saturated rings. The first-order valence-electron chi connectivity index (χ1n) is 27.6. The number of hydrogen-bond acceptors (Lipinski definition) is 5. The van der Waals surface area contributed by atoms with Crippen molar-refractivity contribution >= 4 is 40.7 Å². The fourth-order valence-electron chi connectivity index (χ4n) is 11.4. The van der Waals surface area contributed by atoms with Gasteiger partial charge in [-0.15, -0.1) is 0 Å². The average molecular weight is 1010 g/mol. The van der Waals surface area contributed by atoms with Crippen LogP contribution in [0, 0.1) is 20.8 Å². The minimum Gasteiger partial charge on any atom is -0.399 e. The van der Waals surface area contributed by atoms with Crippen molar-refractivity contribution in [3.63, 3.8) is 0 Å². The van der Waals surface area contributed by atoms with Crippen LogP contribution in [0.4, 0.5) is 0 Å². The topological polar surface area (TPSA) is 71.0 Å². The smallest absolute Gasteiger partial charge is 0.399 e. The van der Waals surface area contributed by atoms with E-state index in [1.54, 1.807) is 0 Å². The second kappa shape index (κ2) is 18.4. The molecular formula is C69H81BN4O2. The highest BCUT2D eigenvalue weighted by Gasteiger charge is 2.51. The van der Waals surface area contributed by atoms with E-state index in [1.807, 2.05) is 0 Å². The molecule has 5 aliphatic rings. The van der Waals surface area contributed by atoms with E-state index < -0.39 is 18.3 Å². The van der Waals surface area contributed by atoms with Gasteiger partial charge in [-0.25, -0.2) is 4.99 Å². The maximum atomic E-state index is 6.55. The highest BCUT2D eigenvalue weighted by Crippen LogP contribution is 2.44. The number of hydrogen-bond donors (Lipinski definition) is 2. The molecule has 1 saturated heterocycles. The molecule has 6 nitrogen and oxygen atoms in total. The fourth-order valence-corrected chi connectivity index (χ4v) is 11.4. The minimum absolute atomic E-state index is 0.0749. The Morgan fingerprint density at radius 2 is 1.01 bits per heavy atom. The predicted octanol–water partition coefficient (Wildman–Crippen LogP) is 15.7. The van der Waals surface area contributed by atoms with Gasteiger partial charge >= 0.3 is 7.12 Å². The van der Waals surface area contributed by atoms with E-state index in [9.17, 15) is 0 Å². The van der Waals surface area contributed by atoms with Crippen LogP contribution in [0.1, 0.15) is 189 Å². The average Bonchev–Trinajstić information content (AvgIpc) is 4.18. The van der Waals surface area contributed by atoms with Crippen molar-refractivity contribution in [2.24, 2.45) is 9.98 Å². The zero-order valence-corrected chi connectivity index (χ0v) is 49.0. The largest absolute Gasteiger partial charge is 0.494 e.